The number of benzene rings is 1. The van der Waals surface area contributed by atoms with Gasteiger partial charge in [-0.15, -0.1) is 0 Å². The molecule has 27 heavy (non-hydrogen) atoms. The fourth-order valence-electron chi connectivity index (χ4n) is 3.19. The van der Waals surface area contributed by atoms with Gasteiger partial charge in [0.25, 0.3) is 0 Å². The average molecular weight is 399 g/mol. The Bertz CT molecular complexity index is 679. The van der Waals surface area contributed by atoms with Gasteiger partial charge in [-0.2, -0.15) is 4.31 Å². The molecule has 1 aliphatic rings. The molecule has 1 saturated heterocycles. The van der Waals surface area contributed by atoms with Gasteiger partial charge in [-0.3, -0.25) is 4.79 Å². The maximum atomic E-state index is 12.6. The van der Waals surface area contributed by atoms with Gasteiger partial charge >= 0.3 is 0 Å². The first kappa shape index (κ1) is 21.8. The Labute approximate surface area is 161 Å². The number of aliphatic hydroxyl groups is 1. The third-order valence-electron chi connectivity index (χ3n) is 4.73. The Balaban J connectivity index is 1.88. The molecule has 0 aliphatic carbocycles. The van der Waals surface area contributed by atoms with E-state index in [1.807, 2.05) is 0 Å². The number of carbonyl (C=O) groups excluding carboxylic acids is 1. The zero-order valence-electron chi connectivity index (χ0n) is 15.9. The molecule has 0 spiro atoms. The third-order valence-corrected chi connectivity index (χ3v) is 6.64. The number of sulfonamides is 1. The summed E-state index contributed by atoms with van der Waals surface area (Å²) in [6, 6.07) is 6.58. The van der Waals surface area contributed by atoms with Crippen molar-refractivity contribution in [3.05, 3.63) is 29.8 Å². The van der Waals surface area contributed by atoms with Gasteiger partial charge in [0.05, 0.1) is 17.5 Å². The van der Waals surface area contributed by atoms with Crippen LogP contribution in [0.4, 0.5) is 0 Å². The highest BCUT2D eigenvalue weighted by atomic mass is 32.2. The summed E-state index contributed by atoms with van der Waals surface area (Å²) in [5.74, 6) is -0.115. The molecule has 2 rings (SSSR count). The number of hydrogen-bond donors (Lipinski definition) is 2. The summed E-state index contributed by atoms with van der Waals surface area (Å²) in [7, 11) is -1.87. The smallest absolute Gasteiger partial charge is 0.243 e. The minimum absolute atomic E-state index is 0.0126. The van der Waals surface area contributed by atoms with Crippen molar-refractivity contribution in [2.75, 3.05) is 33.4 Å². The molecule has 1 aromatic rings. The molecule has 0 aromatic heterocycles. The highest BCUT2D eigenvalue weighted by molar-refractivity contribution is 7.89. The topological polar surface area (TPSA) is 95.9 Å². The van der Waals surface area contributed by atoms with E-state index < -0.39 is 10.0 Å². The van der Waals surface area contributed by atoms with E-state index in [1.54, 1.807) is 35.7 Å². The molecule has 0 saturated carbocycles. The van der Waals surface area contributed by atoms with Crippen LogP contribution in [-0.4, -0.2) is 63.2 Å². The normalized spacial score (nSPS) is 16.8. The SMILES string of the molecule is COCC(CCO)NC(=O)CCc1ccc(S(=O)(=O)N2CCCCC2)cc1. The summed E-state index contributed by atoms with van der Waals surface area (Å²) in [4.78, 5) is 12.4. The first-order chi connectivity index (χ1) is 13.0. The fraction of sp³-hybridized carbons (Fsp3) is 0.632. The number of rotatable bonds is 10. The van der Waals surface area contributed by atoms with E-state index in [0.717, 1.165) is 24.8 Å². The summed E-state index contributed by atoms with van der Waals surface area (Å²) in [6.07, 6.45) is 4.16. The van der Waals surface area contributed by atoms with E-state index >= 15 is 0 Å². The van der Waals surface area contributed by atoms with E-state index in [1.165, 1.54) is 0 Å². The number of methoxy groups -OCH3 is 1. The molecule has 1 aromatic carbocycles. The standard InChI is InChI=1S/C19H30N2O5S/c1-26-15-17(11-14-22)20-19(23)10-7-16-5-8-18(9-6-16)27(24,25)21-12-3-2-4-13-21/h5-6,8-9,17,22H,2-4,7,10-15H2,1H3,(H,20,23). The molecule has 1 fully saturated rings. The van der Waals surface area contributed by atoms with Gasteiger partial charge in [-0.25, -0.2) is 8.42 Å². The maximum Gasteiger partial charge on any atom is 0.243 e. The molecule has 1 unspecified atom stereocenters. The van der Waals surface area contributed by atoms with E-state index in [2.05, 4.69) is 5.32 Å². The van der Waals surface area contributed by atoms with Gasteiger partial charge in [-0.1, -0.05) is 18.6 Å². The largest absolute Gasteiger partial charge is 0.396 e. The molecule has 2 N–H and O–H groups in total. The average Bonchev–Trinajstić information content (AvgIpc) is 2.68. The van der Waals surface area contributed by atoms with Crippen LogP contribution in [-0.2, 0) is 26.0 Å². The number of piperidine rings is 1. The van der Waals surface area contributed by atoms with E-state index in [4.69, 9.17) is 9.84 Å². The molecule has 1 aliphatic heterocycles. The number of nitrogens with zero attached hydrogens (tertiary/aromatic N) is 1. The van der Waals surface area contributed by atoms with Crippen LogP contribution in [0.15, 0.2) is 29.2 Å². The lowest BCUT2D eigenvalue weighted by Crippen LogP contribution is -2.38. The Morgan fingerprint density at radius 3 is 2.48 bits per heavy atom. The second kappa shape index (κ2) is 10.8. The van der Waals surface area contributed by atoms with Crippen molar-refractivity contribution in [2.45, 2.75) is 49.5 Å². The summed E-state index contributed by atoms with van der Waals surface area (Å²) in [5, 5.41) is 11.9. The lowest BCUT2D eigenvalue weighted by molar-refractivity contribution is -0.122. The molecule has 152 valence electrons. The van der Waals surface area contributed by atoms with Gasteiger partial charge < -0.3 is 15.2 Å². The Morgan fingerprint density at radius 1 is 1.22 bits per heavy atom. The van der Waals surface area contributed by atoms with Crippen molar-refractivity contribution >= 4 is 15.9 Å². The molecule has 0 bridgehead atoms. The van der Waals surface area contributed by atoms with E-state index in [0.29, 0.717) is 43.9 Å². The van der Waals surface area contributed by atoms with Crippen molar-refractivity contribution in [3.63, 3.8) is 0 Å². The Hall–Kier alpha value is -1.48. The number of aliphatic hydroxyl groups excluding tert-OH is 1. The zero-order chi connectivity index (χ0) is 19.7. The summed E-state index contributed by atoms with van der Waals surface area (Å²) < 4.78 is 31.9. The minimum Gasteiger partial charge on any atom is -0.396 e. The maximum absolute atomic E-state index is 12.6. The molecule has 8 heteroatoms. The first-order valence-electron chi connectivity index (χ1n) is 9.45. The number of carbonyl (C=O) groups is 1. The van der Waals surface area contributed by atoms with Crippen LogP contribution in [0.2, 0.25) is 0 Å². The highest BCUT2D eigenvalue weighted by Gasteiger charge is 2.25. The van der Waals surface area contributed by atoms with Crippen LogP contribution in [0.3, 0.4) is 0 Å². The number of nitrogens with one attached hydrogen (secondary N) is 1. The van der Waals surface area contributed by atoms with Crippen LogP contribution in [0, 0.1) is 0 Å². The summed E-state index contributed by atoms with van der Waals surface area (Å²) in [5.41, 5.74) is 0.910. The number of ether oxygens (including phenoxy) is 1. The number of amides is 1. The van der Waals surface area contributed by atoms with Crippen molar-refractivity contribution in [1.29, 1.82) is 0 Å². The summed E-state index contributed by atoms with van der Waals surface area (Å²) >= 11 is 0. The van der Waals surface area contributed by atoms with Crippen molar-refractivity contribution < 1.29 is 23.1 Å². The second-order valence-electron chi connectivity index (χ2n) is 6.84. The molecular weight excluding hydrogens is 368 g/mol. The van der Waals surface area contributed by atoms with Gasteiger partial charge in [0.1, 0.15) is 0 Å². The summed E-state index contributed by atoms with van der Waals surface area (Å²) in [6.45, 7) is 1.51. The van der Waals surface area contributed by atoms with E-state index in [-0.39, 0.29) is 18.6 Å². The van der Waals surface area contributed by atoms with Crippen LogP contribution < -0.4 is 5.32 Å². The van der Waals surface area contributed by atoms with Gasteiger partial charge in [0.2, 0.25) is 15.9 Å². The van der Waals surface area contributed by atoms with Gasteiger partial charge in [-0.05, 0) is 43.4 Å². The lowest BCUT2D eigenvalue weighted by atomic mass is 10.1. The van der Waals surface area contributed by atoms with Crippen molar-refractivity contribution in [3.8, 4) is 0 Å². The predicted octanol–water partition coefficient (Wildman–Crippen LogP) is 1.31. The van der Waals surface area contributed by atoms with Crippen LogP contribution >= 0.6 is 0 Å². The second-order valence-corrected chi connectivity index (χ2v) is 8.78. The van der Waals surface area contributed by atoms with Gasteiger partial charge in [0, 0.05) is 33.2 Å². The van der Waals surface area contributed by atoms with Gasteiger partial charge in [0.15, 0.2) is 0 Å². The molecule has 1 heterocycles. The molecule has 1 atom stereocenters. The number of hydrogen-bond acceptors (Lipinski definition) is 5. The predicted molar refractivity (Wildman–Crippen MR) is 103 cm³/mol. The zero-order valence-corrected chi connectivity index (χ0v) is 16.7. The van der Waals surface area contributed by atoms with E-state index in [9.17, 15) is 13.2 Å². The molecule has 7 nitrogen and oxygen atoms in total. The van der Waals surface area contributed by atoms with Crippen molar-refractivity contribution in [1.82, 2.24) is 9.62 Å². The number of aryl methyl sites for hydroxylation is 1. The van der Waals surface area contributed by atoms with Crippen LogP contribution in [0.25, 0.3) is 0 Å². The minimum atomic E-state index is -3.42. The van der Waals surface area contributed by atoms with Crippen LogP contribution in [0.5, 0.6) is 0 Å². The first-order valence-corrected chi connectivity index (χ1v) is 10.9. The van der Waals surface area contributed by atoms with Crippen LogP contribution in [0.1, 0.15) is 37.7 Å². The van der Waals surface area contributed by atoms with Crippen molar-refractivity contribution in [2.24, 2.45) is 0 Å². The molecular formula is C19H30N2O5S. The monoisotopic (exact) mass is 398 g/mol. The fourth-order valence-corrected chi connectivity index (χ4v) is 4.71. The quantitative estimate of drug-likeness (QED) is 0.619. The Kier molecular flexibility index (Phi) is 8.69. The third kappa shape index (κ3) is 6.57. The molecule has 0 radical (unpaired) electrons. The highest BCUT2D eigenvalue weighted by Crippen LogP contribution is 2.21. The molecule has 1 amide bonds. The lowest BCUT2D eigenvalue weighted by Gasteiger charge is -2.25. The Morgan fingerprint density at radius 2 is 1.89 bits per heavy atom.